The number of benzene rings is 2. The van der Waals surface area contributed by atoms with Crippen molar-refractivity contribution in [3.05, 3.63) is 69.5 Å². The van der Waals surface area contributed by atoms with Crippen LogP contribution in [0.15, 0.2) is 47.6 Å². The third-order valence-electron chi connectivity index (χ3n) is 4.05. The molecule has 1 heterocycles. The van der Waals surface area contributed by atoms with Gasteiger partial charge in [0.15, 0.2) is 0 Å². The zero-order valence-electron chi connectivity index (χ0n) is 13.1. The number of hydrogen-bond donors (Lipinski definition) is 0. The monoisotopic (exact) mass is 365 g/mol. The van der Waals surface area contributed by atoms with Crippen molar-refractivity contribution in [2.75, 3.05) is 26.2 Å². The molecule has 126 valence electrons. The summed E-state index contributed by atoms with van der Waals surface area (Å²) in [5.41, 5.74) is 1.46. The van der Waals surface area contributed by atoms with Gasteiger partial charge >= 0.3 is 0 Å². The van der Waals surface area contributed by atoms with Crippen molar-refractivity contribution in [1.82, 2.24) is 9.91 Å². The summed E-state index contributed by atoms with van der Waals surface area (Å²) in [4.78, 5) is 2.34. The van der Waals surface area contributed by atoms with Gasteiger partial charge < -0.3 is 0 Å². The van der Waals surface area contributed by atoms with Gasteiger partial charge in [0.05, 0.1) is 11.2 Å². The first-order valence-electron chi connectivity index (χ1n) is 7.82. The van der Waals surface area contributed by atoms with Gasteiger partial charge in [-0.3, -0.25) is 9.91 Å². The van der Waals surface area contributed by atoms with Crippen LogP contribution in [0.4, 0.5) is 4.39 Å². The average molecular weight is 366 g/mol. The molecule has 0 aromatic heterocycles. The van der Waals surface area contributed by atoms with E-state index in [1.807, 2.05) is 29.3 Å². The predicted molar refractivity (Wildman–Crippen MR) is 97.3 cm³/mol. The van der Waals surface area contributed by atoms with Crippen LogP contribution in [0.2, 0.25) is 10.0 Å². The Labute approximate surface area is 151 Å². The Hall–Kier alpha value is -1.62. The van der Waals surface area contributed by atoms with Crippen LogP contribution in [0, 0.1) is 5.82 Å². The van der Waals surface area contributed by atoms with E-state index in [0.717, 1.165) is 43.3 Å². The molecule has 2 aromatic rings. The molecule has 0 radical (unpaired) electrons. The van der Waals surface area contributed by atoms with Gasteiger partial charge in [-0.25, -0.2) is 4.39 Å². The molecule has 3 rings (SSSR count). The zero-order valence-corrected chi connectivity index (χ0v) is 14.6. The van der Waals surface area contributed by atoms with E-state index in [9.17, 15) is 4.39 Å². The van der Waals surface area contributed by atoms with Crippen LogP contribution in [-0.2, 0) is 6.54 Å². The lowest BCUT2D eigenvalue weighted by Crippen LogP contribution is -2.43. The number of piperazine rings is 1. The van der Waals surface area contributed by atoms with E-state index in [4.69, 9.17) is 23.2 Å². The summed E-state index contributed by atoms with van der Waals surface area (Å²) in [6.45, 7) is 4.16. The smallest absolute Gasteiger partial charge is 0.133 e. The summed E-state index contributed by atoms with van der Waals surface area (Å²) in [6.07, 6.45) is 1.50. The lowest BCUT2D eigenvalue weighted by Gasteiger charge is -2.33. The zero-order chi connectivity index (χ0) is 16.9. The molecule has 0 atom stereocenters. The molecule has 0 unspecified atom stereocenters. The molecule has 0 N–H and O–H groups in total. The molecule has 1 saturated heterocycles. The minimum absolute atomic E-state index is 0.331. The average Bonchev–Trinajstić information content (AvgIpc) is 2.58. The van der Waals surface area contributed by atoms with Gasteiger partial charge in [-0.1, -0.05) is 47.5 Å². The highest BCUT2D eigenvalue weighted by atomic mass is 35.5. The van der Waals surface area contributed by atoms with E-state index in [1.165, 1.54) is 12.3 Å². The quantitative estimate of drug-likeness (QED) is 0.752. The van der Waals surface area contributed by atoms with Gasteiger partial charge in [-0.15, -0.1) is 0 Å². The second-order valence-corrected chi connectivity index (χ2v) is 6.52. The normalized spacial score (nSPS) is 16.0. The molecular weight excluding hydrogens is 348 g/mol. The topological polar surface area (TPSA) is 18.8 Å². The highest BCUT2D eigenvalue weighted by Crippen LogP contribution is 2.19. The fourth-order valence-corrected chi connectivity index (χ4v) is 3.06. The number of rotatable bonds is 4. The molecule has 0 spiro atoms. The van der Waals surface area contributed by atoms with Gasteiger partial charge in [0.1, 0.15) is 5.82 Å². The molecule has 0 amide bonds. The second-order valence-electron chi connectivity index (χ2n) is 5.70. The van der Waals surface area contributed by atoms with E-state index in [1.54, 1.807) is 12.1 Å². The molecule has 1 aliphatic heterocycles. The van der Waals surface area contributed by atoms with E-state index in [2.05, 4.69) is 10.0 Å². The molecule has 2 aromatic carbocycles. The van der Waals surface area contributed by atoms with E-state index in [0.29, 0.717) is 10.6 Å². The van der Waals surface area contributed by atoms with E-state index in [-0.39, 0.29) is 5.82 Å². The fourth-order valence-electron chi connectivity index (χ4n) is 2.65. The molecule has 0 bridgehead atoms. The largest absolute Gasteiger partial charge is 0.295 e. The summed E-state index contributed by atoms with van der Waals surface area (Å²) < 4.78 is 13.7. The molecule has 1 aliphatic rings. The summed E-state index contributed by atoms with van der Waals surface area (Å²) >= 11 is 12.2. The summed E-state index contributed by atoms with van der Waals surface area (Å²) in [5, 5.41) is 7.47. The van der Waals surface area contributed by atoms with Crippen LogP contribution in [0.5, 0.6) is 0 Å². The third-order valence-corrected chi connectivity index (χ3v) is 4.75. The van der Waals surface area contributed by atoms with Crippen LogP contribution in [-0.4, -0.2) is 42.3 Å². The van der Waals surface area contributed by atoms with Crippen LogP contribution in [0.1, 0.15) is 11.1 Å². The van der Waals surface area contributed by atoms with Crippen LogP contribution in [0.3, 0.4) is 0 Å². The number of hydrogen-bond acceptors (Lipinski definition) is 3. The van der Waals surface area contributed by atoms with Gasteiger partial charge in [-0.2, -0.15) is 5.10 Å². The predicted octanol–water partition coefficient (Wildman–Crippen LogP) is 4.28. The minimum atomic E-state index is -0.358. The maximum atomic E-state index is 13.7. The van der Waals surface area contributed by atoms with Gasteiger partial charge in [0.2, 0.25) is 0 Å². The highest BCUT2D eigenvalue weighted by molar-refractivity contribution is 6.33. The molecular formula is C18H18Cl2FN3. The molecule has 0 aliphatic carbocycles. The Morgan fingerprint density at radius 3 is 2.38 bits per heavy atom. The van der Waals surface area contributed by atoms with Gasteiger partial charge in [-0.05, 0) is 23.8 Å². The number of halogens is 3. The molecule has 24 heavy (non-hydrogen) atoms. The summed E-state index contributed by atoms with van der Waals surface area (Å²) in [5.74, 6) is -0.358. The standard InChI is InChI=1S/C18H18Cl2FN3/c19-16-5-2-1-4-14(16)13-23-8-10-24(11-9-23)22-12-15-17(20)6-3-7-18(15)21/h1-7,12H,8-11,13H2. The van der Waals surface area contributed by atoms with E-state index < -0.39 is 0 Å². The van der Waals surface area contributed by atoms with Crippen molar-refractivity contribution in [1.29, 1.82) is 0 Å². The van der Waals surface area contributed by atoms with Crippen molar-refractivity contribution in [2.24, 2.45) is 5.10 Å². The van der Waals surface area contributed by atoms with E-state index >= 15 is 0 Å². The highest BCUT2D eigenvalue weighted by Gasteiger charge is 2.16. The molecule has 3 nitrogen and oxygen atoms in total. The van der Waals surface area contributed by atoms with Gasteiger partial charge in [0.25, 0.3) is 0 Å². The van der Waals surface area contributed by atoms with Crippen molar-refractivity contribution >= 4 is 29.4 Å². The molecule has 0 saturated carbocycles. The van der Waals surface area contributed by atoms with Crippen LogP contribution < -0.4 is 0 Å². The fraction of sp³-hybridized carbons (Fsp3) is 0.278. The van der Waals surface area contributed by atoms with Crippen molar-refractivity contribution < 1.29 is 4.39 Å². The first-order valence-corrected chi connectivity index (χ1v) is 8.58. The summed E-state index contributed by atoms with van der Waals surface area (Å²) in [7, 11) is 0. The van der Waals surface area contributed by atoms with Crippen molar-refractivity contribution in [3.8, 4) is 0 Å². The Morgan fingerprint density at radius 1 is 0.958 bits per heavy atom. The maximum absolute atomic E-state index is 13.7. The van der Waals surface area contributed by atoms with Crippen molar-refractivity contribution in [3.63, 3.8) is 0 Å². The third kappa shape index (κ3) is 4.26. The first kappa shape index (κ1) is 17.2. The lowest BCUT2D eigenvalue weighted by atomic mass is 10.2. The first-order chi connectivity index (χ1) is 11.6. The maximum Gasteiger partial charge on any atom is 0.133 e. The Balaban J connectivity index is 1.56. The second kappa shape index (κ2) is 7.97. The Kier molecular flexibility index (Phi) is 5.72. The molecule has 1 fully saturated rings. The van der Waals surface area contributed by atoms with Crippen molar-refractivity contribution in [2.45, 2.75) is 6.54 Å². The lowest BCUT2D eigenvalue weighted by molar-refractivity contribution is 0.131. The Morgan fingerprint density at radius 2 is 1.67 bits per heavy atom. The number of hydrazone groups is 1. The molecule has 6 heteroatoms. The van der Waals surface area contributed by atoms with Crippen LogP contribution in [0.25, 0.3) is 0 Å². The minimum Gasteiger partial charge on any atom is -0.295 e. The summed E-state index contributed by atoms with van der Waals surface area (Å²) in [6, 6.07) is 12.5. The van der Waals surface area contributed by atoms with Crippen LogP contribution >= 0.6 is 23.2 Å². The van der Waals surface area contributed by atoms with Gasteiger partial charge in [0, 0.05) is 43.3 Å². The number of nitrogens with zero attached hydrogens (tertiary/aromatic N) is 3. The Bertz CT molecular complexity index is 708. The SMILES string of the molecule is Fc1cccc(Cl)c1C=NN1CCN(Cc2ccccc2Cl)CC1.